The Balaban J connectivity index is 0.00000361. The lowest BCUT2D eigenvalue weighted by Crippen LogP contribution is -2.37. The molecule has 0 aliphatic carbocycles. The van der Waals surface area contributed by atoms with Crippen LogP contribution in [-0.4, -0.2) is 39.8 Å². The van der Waals surface area contributed by atoms with Gasteiger partial charge in [0.25, 0.3) is 0 Å². The van der Waals surface area contributed by atoms with Crippen LogP contribution >= 0.6 is 12.4 Å². The Hall–Kier alpha value is -1.46. The van der Waals surface area contributed by atoms with E-state index in [9.17, 15) is 4.79 Å². The summed E-state index contributed by atoms with van der Waals surface area (Å²) in [6.07, 6.45) is 0.330. The van der Waals surface area contributed by atoms with Gasteiger partial charge < -0.3 is 20.1 Å². The highest BCUT2D eigenvalue weighted by Gasteiger charge is 2.08. The standard InChI is InChI=1S/C14H22N2O3.ClH/c1-10(15-2)9-16-14(17)8-11-5-6-12(18-3)13(7-11)19-4;/h5-7,10,15H,8-9H2,1-4H3,(H,16,17);1H. The minimum absolute atomic E-state index is 0. The van der Waals surface area contributed by atoms with Gasteiger partial charge in [-0.15, -0.1) is 12.4 Å². The van der Waals surface area contributed by atoms with Crippen LogP contribution in [0.2, 0.25) is 0 Å². The second kappa shape index (κ2) is 9.44. The Kier molecular flexibility index (Phi) is 8.76. The molecule has 1 unspecified atom stereocenters. The lowest BCUT2D eigenvalue weighted by Gasteiger charge is -2.12. The number of ether oxygens (including phenoxy) is 2. The summed E-state index contributed by atoms with van der Waals surface area (Å²) in [5.74, 6) is 1.29. The summed E-state index contributed by atoms with van der Waals surface area (Å²) in [6, 6.07) is 5.74. The molecule has 0 spiro atoms. The molecule has 0 aromatic heterocycles. The van der Waals surface area contributed by atoms with Crippen molar-refractivity contribution in [1.29, 1.82) is 0 Å². The Morgan fingerprint density at radius 2 is 1.90 bits per heavy atom. The molecule has 0 saturated heterocycles. The largest absolute Gasteiger partial charge is 0.493 e. The van der Waals surface area contributed by atoms with Gasteiger partial charge in [0.05, 0.1) is 20.6 Å². The number of benzene rings is 1. The first kappa shape index (κ1) is 18.5. The third-order valence-corrected chi connectivity index (χ3v) is 2.91. The zero-order chi connectivity index (χ0) is 14.3. The molecular formula is C14H23ClN2O3. The molecular weight excluding hydrogens is 280 g/mol. The predicted molar refractivity (Wildman–Crippen MR) is 82.0 cm³/mol. The van der Waals surface area contributed by atoms with Crippen molar-refractivity contribution in [2.75, 3.05) is 27.8 Å². The lowest BCUT2D eigenvalue weighted by atomic mass is 10.1. The number of hydrogen-bond donors (Lipinski definition) is 2. The Labute approximate surface area is 126 Å². The van der Waals surface area contributed by atoms with Gasteiger partial charge in [0, 0.05) is 12.6 Å². The van der Waals surface area contributed by atoms with Gasteiger partial charge >= 0.3 is 0 Å². The van der Waals surface area contributed by atoms with Crippen LogP contribution < -0.4 is 20.1 Å². The number of methoxy groups -OCH3 is 2. The van der Waals surface area contributed by atoms with E-state index >= 15 is 0 Å². The monoisotopic (exact) mass is 302 g/mol. The number of carbonyl (C=O) groups is 1. The van der Waals surface area contributed by atoms with E-state index in [0.717, 1.165) is 5.56 Å². The summed E-state index contributed by atoms with van der Waals surface area (Å²) >= 11 is 0. The maximum atomic E-state index is 11.8. The molecule has 1 amide bonds. The van der Waals surface area contributed by atoms with E-state index in [1.165, 1.54) is 0 Å². The van der Waals surface area contributed by atoms with Gasteiger partial charge in [-0.2, -0.15) is 0 Å². The second-order valence-corrected chi connectivity index (χ2v) is 4.36. The fraction of sp³-hybridized carbons (Fsp3) is 0.500. The van der Waals surface area contributed by atoms with Gasteiger partial charge in [-0.1, -0.05) is 6.07 Å². The molecule has 0 radical (unpaired) electrons. The number of amides is 1. The lowest BCUT2D eigenvalue weighted by molar-refractivity contribution is -0.120. The van der Waals surface area contributed by atoms with E-state index in [-0.39, 0.29) is 24.4 Å². The Morgan fingerprint density at radius 1 is 1.25 bits per heavy atom. The summed E-state index contributed by atoms with van der Waals surface area (Å²) in [5.41, 5.74) is 0.896. The molecule has 0 fully saturated rings. The molecule has 1 rings (SSSR count). The van der Waals surface area contributed by atoms with Gasteiger partial charge in [0.15, 0.2) is 11.5 Å². The van der Waals surface area contributed by atoms with Gasteiger partial charge in [-0.25, -0.2) is 0 Å². The summed E-state index contributed by atoms with van der Waals surface area (Å²) in [4.78, 5) is 11.8. The molecule has 20 heavy (non-hydrogen) atoms. The van der Waals surface area contributed by atoms with Crippen molar-refractivity contribution in [2.45, 2.75) is 19.4 Å². The van der Waals surface area contributed by atoms with Crippen molar-refractivity contribution in [3.63, 3.8) is 0 Å². The van der Waals surface area contributed by atoms with E-state index in [1.54, 1.807) is 20.3 Å². The third kappa shape index (κ3) is 5.67. The van der Waals surface area contributed by atoms with Gasteiger partial charge in [0.1, 0.15) is 0 Å². The molecule has 1 atom stereocenters. The van der Waals surface area contributed by atoms with E-state index in [0.29, 0.717) is 24.5 Å². The topological polar surface area (TPSA) is 59.6 Å². The highest BCUT2D eigenvalue weighted by atomic mass is 35.5. The first-order valence-electron chi connectivity index (χ1n) is 6.25. The van der Waals surface area contributed by atoms with Crippen molar-refractivity contribution in [3.05, 3.63) is 23.8 Å². The average molecular weight is 303 g/mol. The van der Waals surface area contributed by atoms with Crippen LogP contribution in [0.15, 0.2) is 18.2 Å². The Morgan fingerprint density at radius 3 is 2.45 bits per heavy atom. The van der Waals surface area contributed by atoms with Crippen LogP contribution in [0, 0.1) is 0 Å². The molecule has 0 bridgehead atoms. The quantitative estimate of drug-likeness (QED) is 0.799. The fourth-order valence-corrected chi connectivity index (χ4v) is 1.61. The zero-order valence-corrected chi connectivity index (χ0v) is 13.2. The molecule has 0 saturated carbocycles. The van der Waals surface area contributed by atoms with E-state index in [2.05, 4.69) is 10.6 Å². The van der Waals surface area contributed by atoms with Crippen LogP contribution in [0.3, 0.4) is 0 Å². The predicted octanol–water partition coefficient (Wildman–Crippen LogP) is 1.39. The first-order valence-corrected chi connectivity index (χ1v) is 6.25. The van der Waals surface area contributed by atoms with Crippen LogP contribution in [0.5, 0.6) is 11.5 Å². The molecule has 114 valence electrons. The minimum Gasteiger partial charge on any atom is -0.493 e. The summed E-state index contributed by atoms with van der Waals surface area (Å²) < 4.78 is 10.4. The summed E-state index contributed by atoms with van der Waals surface area (Å²) in [5, 5.41) is 5.94. The molecule has 0 heterocycles. The maximum Gasteiger partial charge on any atom is 0.224 e. The van der Waals surface area contributed by atoms with Crippen molar-refractivity contribution in [2.24, 2.45) is 0 Å². The molecule has 6 heteroatoms. The van der Waals surface area contributed by atoms with Crippen molar-refractivity contribution >= 4 is 18.3 Å². The SMILES string of the molecule is CNC(C)CNC(=O)Cc1ccc(OC)c(OC)c1.Cl. The zero-order valence-electron chi connectivity index (χ0n) is 12.4. The summed E-state index contributed by atoms with van der Waals surface area (Å²) in [7, 11) is 5.03. The first-order chi connectivity index (χ1) is 9.10. The van der Waals surface area contributed by atoms with Gasteiger partial charge in [0.2, 0.25) is 5.91 Å². The normalized spacial score (nSPS) is 11.2. The van der Waals surface area contributed by atoms with Crippen LogP contribution in [0.25, 0.3) is 0 Å². The van der Waals surface area contributed by atoms with E-state index in [4.69, 9.17) is 9.47 Å². The molecule has 0 aliphatic rings. The van der Waals surface area contributed by atoms with Crippen molar-refractivity contribution < 1.29 is 14.3 Å². The number of nitrogens with one attached hydrogen (secondary N) is 2. The Bertz CT molecular complexity index is 427. The third-order valence-electron chi connectivity index (χ3n) is 2.91. The molecule has 5 nitrogen and oxygen atoms in total. The van der Waals surface area contributed by atoms with Crippen LogP contribution in [0.1, 0.15) is 12.5 Å². The molecule has 0 aliphatic heterocycles. The average Bonchev–Trinajstić information content (AvgIpc) is 2.44. The number of rotatable bonds is 7. The number of halogens is 1. The fourth-order valence-electron chi connectivity index (χ4n) is 1.61. The number of hydrogen-bond acceptors (Lipinski definition) is 4. The molecule has 1 aromatic carbocycles. The maximum absolute atomic E-state index is 11.8. The summed E-state index contributed by atoms with van der Waals surface area (Å²) in [6.45, 7) is 2.62. The van der Waals surface area contributed by atoms with Gasteiger partial charge in [-0.3, -0.25) is 4.79 Å². The minimum atomic E-state index is -0.00526. The number of likely N-dealkylation sites (N-methyl/N-ethyl adjacent to an activating group) is 1. The van der Waals surface area contributed by atoms with E-state index < -0.39 is 0 Å². The molecule has 1 aromatic rings. The smallest absolute Gasteiger partial charge is 0.224 e. The number of carbonyl (C=O) groups excluding carboxylic acids is 1. The van der Waals surface area contributed by atoms with Crippen molar-refractivity contribution in [3.8, 4) is 11.5 Å². The van der Waals surface area contributed by atoms with E-state index in [1.807, 2.05) is 26.1 Å². The second-order valence-electron chi connectivity index (χ2n) is 4.36. The van der Waals surface area contributed by atoms with Gasteiger partial charge in [-0.05, 0) is 31.7 Å². The molecule has 2 N–H and O–H groups in total. The highest BCUT2D eigenvalue weighted by Crippen LogP contribution is 2.27. The highest BCUT2D eigenvalue weighted by molar-refractivity contribution is 5.85. The van der Waals surface area contributed by atoms with Crippen LogP contribution in [-0.2, 0) is 11.2 Å². The van der Waals surface area contributed by atoms with Crippen molar-refractivity contribution in [1.82, 2.24) is 10.6 Å². The van der Waals surface area contributed by atoms with Crippen LogP contribution in [0.4, 0.5) is 0 Å².